The molecule has 1 aromatic heterocycles. The van der Waals surface area contributed by atoms with Gasteiger partial charge in [0.2, 0.25) is 11.8 Å². The summed E-state index contributed by atoms with van der Waals surface area (Å²) in [5.41, 5.74) is 1.65. The summed E-state index contributed by atoms with van der Waals surface area (Å²) in [7, 11) is 0. The van der Waals surface area contributed by atoms with Crippen molar-refractivity contribution in [2.45, 2.75) is 71.4 Å². The van der Waals surface area contributed by atoms with Gasteiger partial charge < -0.3 is 30.7 Å². The van der Waals surface area contributed by atoms with E-state index in [1.165, 1.54) is 0 Å². The number of aromatic nitrogens is 1. The molecule has 2 heterocycles. The third-order valence-electron chi connectivity index (χ3n) is 7.50. The number of rotatable bonds is 7. The predicted octanol–water partition coefficient (Wildman–Crippen LogP) is 4.20. The third-order valence-corrected chi connectivity index (χ3v) is 8.53. The summed E-state index contributed by atoms with van der Waals surface area (Å²) in [4.78, 5) is 57.5. The molecule has 47 heavy (non-hydrogen) atoms. The molecule has 0 radical (unpaired) electrons. The number of carbonyl (C=O) groups excluding carboxylic acids is 4. The average molecular weight is 664 g/mol. The number of aryl methyl sites for hydroxylation is 2. The molecule has 0 unspecified atom stereocenters. The van der Waals surface area contributed by atoms with E-state index < -0.39 is 11.9 Å². The fourth-order valence-electron chi connectivity index (χ4n) is 5.21. The zero-order chi connectivity index (χ0) is 33.6. The minimum absolute atomic E-state index is 0.00247. The standard InChI is InChI=1S/C35H45N5O6S/c1-23(2)20-25-21-46-30-13-7-4-10-26(30)33(42)36-18-9-19-45-29-12-6-5-11-27(29)34(43)40-28(15-16-31(41)39-25)35(44)37-17-8-14-32-38-24(3)22-47-32/h4-7,10-13,22-23,25,28H,8-9,14-21H2,1-3H3,(H,36,42)(H,37,44)(H,39,41)(H,40,43)/t25-,28-/m0/s1. The van der Waals surface area contributed by atoms with Gasteiger partial charge in [0.25, 0.3) is 11.8 Å². The van der Waals surface area contributed by atoms with Crippen molar-refractivity contribution >= 4 is 35.0 Å². The SMILES string of the molecule is Cc1csc(CCCNC(=O)[C@@H]2CCC(=O)N[C@@H](CC(C)C)COc3ccccc3C(=O)NCCCOc3ccccc3C(=O)N2)n1. The topological polar surface area (TPSA) is 148 Å². The smallest absolute Gasteiger partial charge is 0.255 e. The van der Waals surface area contributed by atoms with Crippen molar-refractivity contribution in [3.05, 3.63) is 75.7 Å². The lowest BCUT2D eigenvalue weighted by Gasteiger charge is -2.23. The number of amides is 4. The van der Waals surface area contributed by atoms with Gasteiger partial charge in [0, 0.05) is 37.0 Å². The summed E-state index contributed by atoms with van der Waals surface area (Å²) in [5.74, 6) is -0.340. The molecular weight excluding hydrogens is 618 g/mol. The zero-order valence-corrected chi connectivity index (χ0v) is 28.1. The van der Waals surface area contributed by atoms with Gasteiger partial charge in [-0.3, -0.25) is 19.2 Å². The lowest BCUT2D eigenvalue weighted by Crippen LogP contribution is -2.48. The van der Waals surface area contributed by atoms with Crippen molar-refractivity contribution in [2.75, 3.05) is 26.3 Å². The Labute approximate surface area is 280 Å². The second-order valence-corrected chi connectivity index (χ2v) is 12.9. The molecule has 2 aromatic carbocycles. The summed E-state index contributed by atoms with van der Waals surface area (Å²) in [6.45, 7) is 7.22. The molecule has 1 aliphatic heterocycles. The largest absolute Gasteiger partial charge is 0.493 e. The van der Waals surface area contributed by atoms with E-state index in [1.807, 2.05) is 12.3 Å². The molecule has 3 aromatic rings. The maximum Gasteiger partial charge on any atom is 0.255 e. The van der Waals surface area contributed by atoms with Crippen molar-refractivity contribution in [2.24, 2.45) is 5.92 Å². The molecule has 0 bridgehead atoms. The molecule has 252 valence electrons. The van der Waals surface area contributed by atoms with Crippen LogP contribution in [0, 0.1) is 12.8 Å². The monoisotopic (exact) mass is 663 g/mol. The van der Waals surface area contributed by atoms with E-state index in [0.717, 1.165) is 17.1 Å². The molecule has 1 aliphatic rings. The van der Waals surface area contributed by atoms with Crippen molar-refractivity contribution in [3.63, 3.8) is 0 Å². The Hall–Kier alpha value is -4.45. The minimum Gasteiger partial charge on any atom is -0.493 e. The number of ether oxygens (including phenoxy) is 2. The highest BCUT2D eigenvalue weighted by Crippen LogP contribution is 2.21. The number of nitrogens with zero attached hydrogens (tertiary/aromatic N) is 1. The van der Waals surface area contributed by atoms with Gasteiger partial charge in [-0.1, -0.05) is 38.1 Å². The highest BCUT2D eigenvalue weighted by molar-refractivity contribution is 7.09. The molecule has 0 fully saturated rings. The van der Waals surface area contributed by atoms with Crippen LogP contribution in [-0.4, -0.2) is 67.0 Å². The Bertz CT molecular complexity index is 1510. The Balaban J connectivity index is 1.50. The van der Waals surface area contributed by atoms with Crippen LogP contribution >= 0.6 is 11.3 Å². The highest BCUT2D eigenvalue weighted by Gasteiger charge is 2.25. The molecule has 4 rings (SSSR count). The van der Waals surface area contributed by atoms with Crippen LogP contribution in [0.1, 0.15) is 77.4 Å². The van der Waals surface area contributed by atoms with Crippen LogP contribution in [0.5, 0.6) is 11.5 Å². The molecule has 12 heteroatoms. The minimum atomic E-state index is -0.948. The molecule has 4 N–H and O–H groups in total. The maximum absolute atomic E-state index is 13.5. The number of hydrogen-bond donors (Lipinski definition) is 4. The van der Waals surface area contributed by atoms with E-state index in [0.29, 0.717) is 49.4 Å². The average Bonchev–Trinajstić information content (AvgIpc) is 3.47. The summed E-state index contributed by atoms with van der Waals surface area (Å²) < 4.78 is 12.0. The number of nitrogens with one attached hydrogen (secondary N) is 4. The van der Waals surface area contributed by atoms with Crippen molar-refractivity contribution in [1.29, 1.82) is 0 Å². The van der Waals surface area contributed by atoms with Crippen LogP contribution in [0.4, 0.5) is 0 Å². The van der Waals surface area contributed by atoms with Crippen LogP contribution in [0.25, 0.3) is 0 Å². The van der Waals surface area contributed by atoms with Crippen LogP contribution < -0.4 is 30.7 Å². The Morgan fingerprint density at radius 2 is 1.70 bits per heavy atom. The fraction of sp³-hybridized carbons (Fsp3) is 0.457. The summed E-state index contributed by atoms with van der Waals surface area (Å²) in [6, 6.07) is 12.5. The van der Waals surface area contributed by atoms with Crippen molar-refractivity contribution in [1.82, 2.24) is 26.3 Å². The van der Waals surface area contributed by atoms with Gasteiger partial charge in [0.05, 0.1) is 28.8 Å². The first-order valence-corrected chi connectivity index (χ1v) is 17.1. The number of hydrogen-bond acceptors (Lipinski definition) is 8. The lowest BCUT2D eigenvalue weighted by molar-refractivity contribution is -0.124. The molecule has 2 atom stereocenters. The first-order valence-electron chi connectivity index (χ1n) is 16.2. The quantitative estimate of drug-likeness (QED) is 0.277. The predicted molar refractivity (Wildman–Crippen MR) is 181 cm³/mol. The van der Waals surface area contributed by atoms with E-state index in [2.05, 4.69) is 40.1 Å². The Morgan fingerprint density at radius 3 is 2.40 bits per heavy atom. The lowest BCUT2D eigenvalue weighted by atomic mass is 10.0. The zero-order valence-electron chi connectivity index (χ0n) is 27.3. The Kier molecular flexibility index (Phi) is 13.6. The van der Waals surface area contributed by atoms with Crippen LogP contribution in [0.2, 0.25) is 0 Å². The highest BCUT2D eigenvalue weighted by atomic mass is 32.1. The van der Waals surface area contributed by atoms with Gasteiger partial charge in [-0.15, -0.1) is 11.3 Å². The Morgan fingerprint density at radius 1 is 1.00 bits per heavy atom. The van der Waals surface area contributed by atoms with Crippen molar-refractivity contribution < 1.29 is 28.7 Å². The van der Waals surface area contributed by atoms with E-state index in [9.17, 15) is 19.2 Å². The second kappa shape index (κ2) is 18.0. The van der Waals surface area contributed by atoms with Crippen LogP contribution in [0.3, 0.4) is 0 Å². The van der Waals surface area contributed by atoms with Gasteiger partial charge in [0.15, 0.2) is 0 Å². The molecule has 0 aliphatic carbocycles. The summed E-state index contributed by atoms with van der Waals surface area (Å²) in [5, 5.41) is 14.7. The third kappa shape index (κ3) is 11.4. The second-order valence-electron chi connectivity index (χ2n) is 12.0. The van der Waals surface area contributed by atoms with E-state index >= 15 is 0 Å². The first kappa shape index (κ1) is 35.4. The van der Waals surface area contributed by atoms with Gasteiger partial charge in [-0.05, 0) is 62.8 Å². The first-order chi connectivity index (χ1) is 22.7. The van der Waals surface area contributed by atoms with Gasteiger partial charge in [-0.2, -0.15) is 0 Å². The van der Waals surface area contributed by atoms with E-state index in [4.69, 9.17) is 9.47 Å². The van der Waals surface area contributed by atoms with Gasteiger partial charge >= 0.3 is 0 Å². The molecular formula is C35H45N5O6S. The summed E-state index contributed by atoms with van der Waals surface area (Å²) >= 11 is 1.59. The number of para-hydroxylation sites is 2. The van der Waals surface area contributed by atoms with Gasteiger partial charge in [0.1, 0.15) is 24.1 Å². The van der Waals surface area contributed by atoms with Gasteiger partial charge in [-0.25, -0.2) is 4.98 Å². The van der Waals surface area contributed by atoms with Crippen molar-refractivity contribution in [3.8, 4) is 11.5 Å². The summed E-state index contributed by atoms with van der Waals surface area (Å²) in [6.07, 6.45) is 2.67. The fourth-order valence-corrected chi connectivity index (χ4v) is 6.03. The van der Waals surface area contributed by atoms with Crippen LogP contribution in [0.15, 0.2) is 53.9 Å². The number of thiazole rings is 1. The van der Waals surface area contributed by atoms with Crippen LogP contribution in [-0.2, 0) is 16.0 Å². The molecule has 11 nitrogen and oxygen atoms in total. The molecule has 0 saturated heterocycles. The number of carbonyl (C=O) groups is 4. The maximum atomic E-state index is 13.5. The molecule has 0 saturated carbocycles. The number of fused-ring (bicyclic) bond motifs is 2. The molecule has 4 amide bonds. The van der Waals surface area contributed by atoms with E-state index in [1.54, 1.807) is 59.9 Å². The number of benzene rings is 2. The normalized spacial score (nSPS) is 18.3. The molecule has 0 spiro atoms. The van der Waals surface area contributed by atoms with E-state index in [-0.39, 0.29) is 61.3 Å².